The standard InChI is InChI=1S/C20H21N5O2/c26-19-18(16-8-9-21-20(27)24-16)23-15-6-1-2-7-17(15)25(19)14-10-12-4-3-5-13(11-14)22-12/h1-2,6-9,12-14,22H,3-5,10-11H2,(H,21,24,27). The van der Waals surface area contributed by atoms with Crippen molar-refractivity contribution in [2.45, 2.75) is 50.2 Å². The van der Waals surface area contributed by atoms with Crippen molar-refractivity contribution in [1.82, 2.24) is 24.8 Å². The summed E-state index contributed by atoms with van der Waals surface area (Å²) in [5, 5.41) is 3.69. The van der Waals surface area contributed by atoms with E-state index in [4.69, 9.17) is 0 Å². The highest BCUT2D eigenvalue weighted by Gasteiger charge is 2.33. The average molecular weight is 363 g/mol. The molecule has 0 amide bonds. The molecule has 7 heteroatoms. The van der Waals surface area contributed by atoms with E-state index in [1.165, 1.54) is 12.6 Å². The van der Waals surface area contributed by atoms with Crippen LogP contribution in [0.4, 0.5) is 0 Å². The van der Waals surface area contributed by atoms with Crippen LogP contribution in [0.15, 0.2) is 46.1 Å². The van der Waals surface area contributed by atoms with Crippen LogP contribution in [0.1, 0.15) is 38.1 Å². The Morgan fingerprint density at radius 2 is 1.81 bits per heavy atom. The van der Waals surface area contributed by atoms with E-state index in [1.807, 2.05) is 28.8 Å². The number of H-pyrrole nitrogens is 1. The molecule has 2 unspecified atom stereocenters. The van der Waals surface area contributed by atoms with Gasteiger partial charge >= 0.3 is 5.69 Å². The molecule has 2 fully saturated rings. The fourth-order valence-corrected chi connectivity index (χ4v) is 4.65. The molecular weight excluding hydrogens is 342 g/mol. The molecule has 0 radical (unpaired) electrons. The maximum Gasteiger partial charge on any atom is 0.345 e. The first kappa shape index (κ1) is 16.4. The molecule has 2 aliphatic rings. The number of benzene rings is 1. The minimum atomic E-state index is -0.482. The van der Waals surface area contributed by atoms with Gasteiger partial charge in [0.25, 0.3) is 5.56 Å². The van der Waals surface area contributed by atoms with Crippen molar-refractivity contribution < 1.29 is 0 Å². The number of hydrogen-bond acceptors (Lipinski definition) is 5. The maximum atomic E-state index is 13.5. The molecule has 0 aliphatic carbocycles. The smallest absolute Gasteiger partial charge is 0.311 e. The van der Waals surface area contributed by atoms with Crippen molar-refractivity contribution in [2.24, 2.45) is 0 Å². The number of aromatic amines is 1. The highest BCUT2D eigenvalue weighted by Crippen LogP contribution is 2.33. The fourth-order valence-electron chi connectivity index (χ4n) is 4.65. The third kappa shape index (κ3) is 2.88. The minimum absolute atomic E-state index is 0.134. The van der Waals surface area contributed by atoms with E-state index in [0.29, 0.717) is 17.8 Å². The third-order valence-electron chi connectivity index (χ3n) is 5.78. The molecule has 0 saturated carbocycles. The van der Waals surface area contributed by atoms with Gasteiger partial charge in [-0.3, -0.25) is 4.79 Å². The summed E-state index contributed by atoms with van der Waals surface area (Å²) in [7, 11) is 0. The van der Waals surface area contributed by atoms with Gasteiger partial charge in [-0.05, 0) is 43.9 Å². The van der Waals surface area contributed by atoms with Crippen molar-refractivity contribution in [2.75, 3.05) is 0 Å². The molecule has 0 spiro atoms. The fraction of sp³-hybridized carbons (Fsp3) is 0.400. The molecular formula is C20H21N5O2. The Hall–Kier alpha value is -2.80. The molecule has 2 atom stereocenters. The Morgan fingerprint density at radius 3 is 2.59 bits per heavy atom. The van der Waals surface area contributed by atoms with E-state index in [0.717, 1.165) is 36.7 Å². The molecule has 2 aliphatic heterocycles. The number of rotatable bonds is 2. The summed E-state index contributed by atoms with van der Waals surface area (Å²) in [4.78, 5) is 36.0. The van der Waals surface area contributed by atoms with Crippen LogP contribution in [-0.4, -0.2) is 31.6 Å². The molecule has 4 heterocycles. The van der Waals surface area contributed by atoms with Crippen LogP contribution in [0.25, 0.3) is 22.4 Å². The highest BCUT2D eigenvalue weighted by molar-refractivity contribution is 5.77. The largest absolute Gasteiger partial charge is 0.345 e. The van der Waals surface area contributed by atoms with Gasteiger partial charge in [0, 0.05) is 24.3 Å². The quantitative estimate of drug-likeness (QED) is 0.726. The second-order valence-corrected chi connectivity index (χ2v) is 7.53. The second kappa shape index (κ2) is 6.42. The van der Waals surface area contributed by atoms with Gasteiger partial charge in [-0.15, -0.1) is 0 Å². The Balaban J connectivity index is 1.72. The van der Waals surface area contributed by atoms with Crippen LogP contribution in [0.2, 0.25) is 0 Å². The van der Waals surface area contributed by atoms with Gasteiger partial charge in [0.15, 0.2) is 5.69 Å². The van der Waals surface area contributed by atoms with Crippen LogP contribution in [0.5, 0.6) is 0 Å². The lowest BCUT2D eigenvalue weighted by Gasteiger charge is -2.41. The maximum absolute atomic E-state index is 13.5. The first-order valence-corrected chi connectivity index (χ1v) is 9.52. The van der Waals surface area contributed by atoms with Gasteiger partial charge in [-0.2, -0.15) is 0 Å². The number of hydrogen-bond donors (Lipinski definition) is 2. The van der Waals surface area contributed by atoms with E-state index in [-0.39, 0.29) is 17.3 Å². The number of para-hydroxylation sites is 2. The van der Waals surface area contributed by atoms with Gasteiger partial charge in [-0.25, -0.2) is 14.8 Å². The number of fused-ring (bicyclic) bond motifs is 3. The summed E-state index contributed by atoms with van der Waals surface area (Å²) >= 11 is 0. The van der Waals surface area contributed by atoms with Crippen LogP contribution < -0.4 is 16.6 Å². The summed E-state index contributed by atoms with van der Waals surface area (Å²) in [5.74, 6) is 0. The van der Waals surface area contributed by atoms with E-state index in [9.17, 15) is 9.59 Å². The topological polar surface area (TPSA) is 92.7 Å². The first-order chi connectivity index (χ1) is 13.2. The SMILES string of the molecule is O=c1nccc(-c2nc3ccccc3n(C3CC4CCCC(C3)N4)c2=O)[nH]1. The van der Waals surface area contributed by atoms with Gasteiger partial charge in [0.1, 0.15) is 0 Å². The molecule has 27 heavy (non-hydrogen) atoms. The number of nitrogens with one attached hydrogen (secondary N) is 2. The summed E-state index contributed by atoms with van der Waals surface area (Å²) in [5.41, 5.74) is 1.66. The van der Waals surface area contributed by atoms with Crippen LogP contribution in [-0.2, 0) is 0 Å². The first-order valence-electron chi connectivity index (χ1n) is 9.52. The van der Waals surface area contributed by atoms with Gasteiger partial charge in [-0.1, -0.05) is 18.6 Å². The van der Waals surface area contributed by atoms with E-state index < -0.39 is 5.69 Å². The molecule has 1 aromatic carbocycles. The molecule has 7 nitrogen and oxygen atoms in total. The monoisotopic (exact) mass is 363 g/mol. The predicted octanol–water partition coefficient (Wildman–Crippen LogP) is 1.99. The van der Waals surface area contributed by atoms with Crippen molar-refractivity contribution in [1.29, 1.82) is 0 Å². The van der Waals surface area contributed by atoms with Crippen molar-refractivity contribution in [3.05, 3.63) is 57.4 Å². The number of piperidine rings is 2. The number of nitrogens with zero attached hydrogens (tertiary/aromatic N) is 3. The zero-order valence-corrected chi connectivity index (χ0v) is 14.9. The molecule has 3 aromatic rings. The van der Waals surface area contributed by atoms with Crippen molar-refractivity contribution in [3.63, 3.8) is 0 Å². The van der Waals surface area contributed by atoms with E-state index in [1.54, 1.807) is 6.07 Å². The average Bonchev–Trinajstić information content (AvgIpc) is 2.67. The summed E-state index contributed by atoms with van der Waals surface area (Å²) < 4.78 is 1.91. The van der Waals surface area contributed by atoms with Crippen LogP contribution in [0, 0.1) is 0 Å². The lowest BCUT2D eigenvalue weighted by Crippen LogP contribution is -2.50. The minimum Gasteiger partial charge on any atom is -0.311 e. The second-order valence-electron chi connectivity index (χ2n) is 7.53. The molecule has 2 N–H and O–H groups in total. The van der Waals surface area contributed by atoms with Crippen molar-refractivity contribution in [3.8, 4) is 11.4 Å². The zero-order valence-electron chi connectivity index (χ0n) is 14.9. The Morgan fingerprint density at radius 1 is 1.04 bits per heavy atom. The van der Waals surface area contributed by atoms with E-state index in [2.05, 4.69) is 20.3 Å². The van der Waals surface area contributed by atoms with Gasteiger partial charge < -0.3 is 14.9 Å². The zero-order chi connectivity index (χ0) is 18.4. The van der Waals surface area contributed by atoms with Crippen LogP contribution in [0.3, 0.4) is 0 Å². The lowest BCUT2D eigenvalue weighted by atomic mass is 9.84. The predicted molar refractivity (Wildman–Crippen MR) is 103 cm³/mol. The molecule has 2 saturated heterocycles. The third-order valence-corrected chi connectivity index (χ3v) is 5.78. The summed E-state index contributed by atoms with van der Waals surface area (Å²) in [6.07, 6.45) is 6.87. The normalized spacial score (nSPS) is 24.8. The van der Waals surface area contributed by atoms with Gasteiger partial charge in [0.2, 0.25) is 0 Å². The summed E-state index contributed by atoms with van der Waals surface area (Å²) in [6.45, 7) is 0. The molecule has 5 rings (SSSR count). The highest BCUT2D eigenvalue weighted by atomic mass is 16.1. The van der Waals surface area contributed by atoms with Crippen LogP contribution >= 0.6 is 0 Å². The Labute approximate surface area is 155 Å². The molecule has 2 bridgehead atoms. The van der Waals surface area contributed by atoms with E-state index >= 15 is 0 Å². The van der Waals surface area contributed by atoms with Crippen molar-refractivity contribution >= 4 is 11.0 Å². The van der Waals surface area contributed by atoms with Gasteiger partial charge in [0.05, 0.1) is 16.7 Å². The number of aromatic nitrogens is 4. The lowest BCUT2D eigenvalue weighted by molar-refractivity contribution is 0.189. The molecule has 138 valence electrons. The molecule has 2 aromatic heterocycles. The Bertz CT molecular complexity index is 1110. The summed E-state index contributed by atoms with van der Waals surface area (Å²) in [6, 6.07) is 10.4. The Kier molecular flexibility index (Phi) is 3.89.